The molecule has 0 atom stereocenters. The summed E-state index contributed by atoms with van der Waals surface area (Å²) in [5.74, 6) is 1.03. The summed E-state index contributed by atoms with van der Waals surface area (Å²) < 4.78 is 13.6. The van der Waals surface area contributed by atoms with Gasteiger partial charge < -0.3 is 9.47 Å². The molecular formula is C24H25N7O4. The van der Waals surface area contributed by atoms with Gasteiger partial charge in [0.15, 0.2) is 17.0 Å². The number of ether oxygens (including phenoxy) is 2. The predicted molar refractivity (Wildman–Crippen MR) is 128 cm³/mol. The second kappa shape index (κ2) is 10.1. The fourth-order valence-corrected chi connectivity index (χ4v) is 3.92. The Balaban J connectivity index is 1.38. The van der Waals surface area contributed by atoms with Gasteiger partial charge in [-0.15, -0.1) is 10.2 Å². The van der Waals surface area contributed by atoms with E-state index in [9.17, 15) is 9.59 Å². The molecule has 0 radical (unpaired) electrons. The van der Waals surface area contributed by atoms with Crippen LogP contribution in [0, 0.1) is 0 Å². The Morgan fingerprint density at radius 2 is 1.86 bits per heavy atom. The van der Waals surface area contributed by atoms with Crippen LogP contribution in [-0.2, 0) is 18.3 Å². The van der Waals surface area contributed by atoms with Crippen molar-refractivity contribution < 1.29 is 9.47 Å². The molecule has 0 unspecified atom stereocenters. The van der Waals surface area contributed by atoms with Crippen molar-refractivity contribution in [3.63, 3.8) is 0 Å². The number of benzene rings is 1. The number of rotatable bonds is 7. The molecule has 3 aromatic heterocycles. The van der Waals surface area contributed by atoms with Gasteiger partial charge in [0.25, 0.3) is 5.56 Å². The Labute approximate surface area is 200 Å². The topological polar surface area (TPSA) is 117 Å². The van der Waals surface area contributed by atoms with Gasteiger partial charge in [0, 0.05) is 44.6 Å². The largest absolute Gasteiger partial charge is 0.492 e. The molecule has 5 rings (SSSR count). The SMILES string of the molecule is Cn1c(=O)c2nc(-c3ccc(OCCN4CCOCC4)cc3)nnc2n(Cc2cccnc2)c1=O. The van der Waals surface area contributed by atoms with E-state index in [1.165, 1.54) is 11.6 Å². The van der Waals surface area contributed by atoms with E-state index in [2.05, 4.69) is 25.1 Å². The summed E-state index contributed by atoms with van der Waals surface area (Å²) >= 11 is 0. The highest BCUT2D eigenvalue weighted by Crippen LogP contribution is 2.20. The number of fused-ring (bicyclic) bond motifs is 1. The smallest absolute Gasteiger partial charge is 0.332 e. The van der Waals surface area contributed by atoms with Crippen LogP contribution in [0.4, 0.5) is 0 Å². The molecule has 180 valence electrons. The van der Waals surface area contributed by atoms with Crippen LogP contribution in [0.25, 0.3) is 22.6 Å². The number of hydrogen-bond donors (Lipinski definition) is 0. The van der Waals surface area contributed by atoms with Gasteiger partial charge in [-0.25, -0.2) is 9.78 Å². The lowest BCUT2D eigenvalue weighted by atomic mass is 10.2. The van der Waals surface area contributed by atoms with Crippen LogP contribution in [-0.4, -0.2) is 73.7 Å². The zero-order valence-electron chi connectivity index (χ0n) is 19.3. The summed E-state index contributed by atoms with van der Waals surface area (Å²) in [5, 5.41) is 8.41. The highest BCUT2D eigenvalue weighted by atomic mass is 16.5. The fourth-order valence-electron chi connectivity index (χ4n) is 3.92. The van der Waals surface area contributed by atoms with Crippen molar-refractivity contribution >= 4 is 11.2 Å². The summed E-state index contributed by atoms with van der Waals surface area (Å²) in [5.41, 5.74) is 0.678. The first kappa shape index (κ1) is 22.8. The highest BCUT2D eigenvalue weighted by Gasteiger charge is 2.16. The molecule has 0 saturated carbocycles. The average Bonchev–Trinajstić information content (AvgIpc) is 2.91. The lowest BCUT2D eigenvalue weighted by molar-refractivity contribution is 0.0322. The lowest BCUT2D eigenvalue weighted by Crippen LogP contribution is -2.39. The van der Waals surface area contributed by atoms with Gasteiger partial charge in [0.2, 0.25) is 0 Å². The molecule has 11 heteroatoms. The molecule has 0 amide bonds. The Kier molecular flexibility index (Phi) is 6.59. The maximum Gasteiger partial charge on any atom is 0.332 e. The third kappa shape index (κ3) is 4.96. The minimum Gasteiger partial charge on any atom is -0.492 e. The summed E-state index contributed by atoms with van der Waals surface area (Å²) in [7, 11) is 1.43. The monoisotopic (exact) mass is 475 g/mol. The summed E-state index contributed by atoms with van der Waals surface area (Å²) in [6, 6.07) is 10.9. The summed E-state index contributed by atoms with van der Waals surface area (Å²) in [4.78, 5) is 36.4. The fraction of sp³-hybridized carbons (Fsp3) is 0.333. The minimum absolute atomic E-state index is 0.0758. The maximum absolute atomic E-state index is 12.8. The van der Waals surface area contributed by atoms with E-state index >= 15 is 0 Å². The van der Waals surface area contributed by atoms with E-state index in [1.54, 1.807) is 18.5 Å². The molecule has 0 N–H and O–H groups in total. The first-order valence-electron chi connectivity index (χ1n) is 11.4. The lowest BCUT2D eigenvalue weighted by Gasteiger charge is -2.26. The Bertz CT molecular complexity index is 1430. The molecule has 0 spiro atoms. The third-order valence-electron chi connectivity index (χ3n) is 5.91. The van der Waals surface area contributed by atoms with Crippen LogP contribution in [0.15, 0.2) is 58.4 Å². The molecule has 1 aliphatic heterocycles. The standard InChI is InChI=1S/C24H25N7O4/c1-29-23(32)20-22(31(24(29)33)16-17-3-2-8-25-15-17)28-27-21(26-20)18-4-6-19(7-5-18)35-14-11-30-9-12-34-13-10-30/h2-8,15H,9-14,16H2,1H3. The molecule has 1 aliphatic rings. The van der Waals surface area contributed by atoms with Crippen molar-refractivity contribution in [2.24, 2.45) is 7.05 Å². The maximum atomic E-state index is 12.8. The van der Waals surface area contributed by atoms with Crippen LogP contribution in [0.1, 0.15) is 5.56 Å². The van der Waals surface area contributed by atoms with E-state index in [0.717, 1.165) is 48.7 Å². The highest BCUT2D eigenvalue weighted by molar-refractivity contribution is 5.71. The van der Waals surface area contributed by atoms with Crippen molar-refractivity contribution in [3.8, 4) is 17.1 Å². The molecule has 0 aliphatic carbocycles. The summed E-state index contributed by atoms with van der Waals surface area (Å²) in [6.45, 7) is 4.98. The molecule has 1 fully saturated rings. The Hall–Kier alpha value is -3.96. The third-order valence-corrected chi connectivity index (χ3v) is 5.91. The molecule has 1 aromatic carbocycles. The van der Waals surface area contributed by atoms with Crippen molar-refractivity contribution in [3.05, 3.63) is 75.2 Å². The number of nitrogens with zero attached hydrogens (tertiary/aromatic N) is 7. The van der Waals surface area contributed by atoms with E-state index < -0.39 is 11.2 Å². The minimum atomic E-state index is -0.522. The molecule has 4 heterocycles. The second-order valence-corrected chi connectivity index (χ2v) is 8.23. The molecular weight excluding hydrogens is 450 g/mol. The van der Waals surface area contributed by atoms with Crippen LogP contribution in [0.5, 0.6) is 5.75 Å². The molecule has 4 aromatic rings. The van der Waals surface area contributed by atoms with Crippen molar-refractivity contribution in [1.29, 1.82) is 0 Å². The number of hydrogen-bond acceptors (Lipinski definition) is 9. The number of morpholine rings is 1. The molecule has 0 bridgehead atoms. The predicted octanol–water partition coefficient (Wildman–Crippen LogP) is 0.706. The normalized spacial score (nSPS) is 14.3. The first-order valence-corrected chi connectivity index (χ1v) is 11.4. The molecule has 11 nitrogen and oxygen atoms in total. The van der Waals surface area contributed by atoms with Crippen LogP contribution in [0.2, 0.25) is 0 Å². The zero-order valence-corrected chi connectivity index (χ0v) is 19.3. The van der Waals surface area contributed by atoms with E-state index in [1.807, 2.05) is 30.3 Å². The van der Waals surface area contributed by atoms with Gasteiger partial charge in [-0.1, -0.05) is 6.07 Å². The van der Waals surface area contributed by atoms with Gasteiger partial charge in [-0.05, 0) is 35.9 Å². The zero-order chi connectivity index (χ0) is 24.2. The van der Waals surface area contributed by atoms with Gasteiger partial charge >= 0.3 is 5.69 Å². The first-order chi connectivity index (χ1) is 17.1. The Morgan fingerprint density at radius 1 is 1.06 bits per heavy atom. The van der Waals surface area contributed by atoms with E-state index in [4.69, 9.17) is 9.47 Å². The Morgan fingerprint density at radius 3 is 2.60 bits per heavy atom. The quantitative estimate of drug-likeness (QED) is 0.381. The van der Waals surface area contributed by atoms with Gasteiger partial charge in [-0.3, -0.25) is 23.8 Å². The van der Waals surface area contributed by atoms with Crippen molar-refractivity contribution in [2.45, 2.75) is 6.54 Å². The van der Waals surface area contributed by atoms with Crippen molar-refractivity contribution in [2.75, 3.05) is 39.5 Å². The van der Waals surface area contributed by atoms with Crippen LogP contribution >= 0.6 is 0 Å². The van der Waals surface area contributed by atoms with Gasteiger partial charge in [-0.2, -0.15) is 0 Å². The summed E-state index contributed by atoms with van der Waals surface area (Å²) in [6.07, 6.45) is 3.31. The van der Waals surface area contributed by atoms with Crippen molar-refractivity contribution in [1.82, 2.24) is 34.2 Å². The molecule has 35 heavy (non-hydrogen) atoms. The van der Waals surface area contributed by atoms with Gasteiger partial charge in [0.1, 0.15) is 12.4 Å². The number of pyridine rings is 1. The second-order valence-electron chi connectivity index (χ2n) is 8.23. The van der Waals surface area contributed by atoms with Crippen LogP contribution < -0.4 is 16.0 Å². The average molecular weight is 476 g/mol. The van der Waals surface area contributed by atoms with E-state index in [-0.39, 0.29) is 17.7 Å². The van der Waals surface area contributed by atoms with E-state index in [0.29, 0.717) is 18.0 Å². The van der Waals surface area contributed by atoms with Crippen LogP contribution in [0.3, 0.4) is 0 Å². The molecule has 1 saturated heterocycles. The van der Waals surface area contributed by atoms with Gasteiger partial charge in [0.05, 0.1) is 19.8 Å². The number of aromatic nitrogens is 6.